The number of rotatable bonds is 27. The minimum Gasteiger partial charge on any atom is -0.490 e. The number of ether oxygens (including phenoxy) is 7. The number of carbonyl (C=O) groups is 3. The van der Waals surface area contributed by atoms with Crippen LogP contribution in [0.2, 0.25) is 0 Å². The van der Waals surface area contributed by atoms with Crippen molar-refractivity contribution in [3.63, 3.8) is 0 Å². The molecule has 7 aromatic rings. The van der Waals surface area contributed by atoms with Crippen LogP contribution >= 0.6 is 0 Å². The summed E-state index contributed by atoms with van der Waals surface area (Å²) in [7, 11) is 0. The molecule has 3 aromatic carbocycles. The fraction of sp³-hybridized carbons (Fsp3) is 0.419. The number of oxazole rings is 1. The molecule has 4 atom stereocenters. The molecule has 0 unspecified atom stereocenters. The van der Waals surface area contributed by atoms with E-state index >= 15 is 0 Å². The van der Waals surface area contributed by atoms with Crippen molar-refractivity contribution in [2.75, 3.05) is 76.2 Å². The largest absolute Gasteiger partial charge is 0.490 e. The minimum absolute atomic E-state index is 0.0549. The Bertz CT molecular complexity index is 3180. The van der Waals surface area contributed by atoms with Crippen LogP contribution in [0, 0.1) is 12.8 Å². The van der Waals surface area contributed by atoms with Gasteiger partial charge in [-0.05, 0) is 132 Å². The van der Waals surface area contributed by atoms with Crippen molar-refractivity contribution in [1.29, 1.82) is 0 Å². The topological polar surface area (TPSA) is 233 Å². The van der Waals surface area contributed by atoms with Gasteiger partial charge in [-0.1, -0.05) is 37.1 Å². The number of aromatic nitrogens is 5. The van der Waals surface area contributed by atoms with E-state index in [0.29, 0.717) is 129 Å². The van der Waals surface area contributed by atoms with Crippen LogP contribution in [-0.2, 0) is 35.1 Å². The minimum atomic E-state index is -0.597. The molecule has 0 radical (unpaired) electrons. The first-order chi connectivity index (χ1) is 39.8. The Morgan fingerprint density at radius 3 is 2.12 bits per heavy atom. The van der Waals surface area contributed by atoms with Gasteiger partial charge in [-0.2, -0.15) is 0 Å². The molecular formula is C62H73N9O11. The summed E-state index contributed by atoms with van der Waals surface area (Å²) in [5, 5.41) is 8.97. The number of pyridine rings is 2. The second kappa shape index (κ2) is 28.6. The monoisotopic (exact) mass is 1120 g/mol. The van der Waals surface area contributed by atoms with Crippen LogP contribution in [0.4, 0.5) is 16.3 Å². The van der Waals surface area contributed by atoms with Crippen molar-refractivity contribution in [3.05, 3.63) is 138 Å². The number of aryl methyl sites for hydroxylation is 1. The summed E-state index contributed by atoms with van der Waals surface area (Å²) < 4.78 is 45.7. The smallest absolute Gasteiger partial charge is 0.412 e. The van der Waals surface area contributed by atoms with Crippen LogP contribution in [0.5, 0.6) is 11.5 Å². The molecule has 82 heavy (non-hydrogen) atoms. The molecule has 0 spiro atoms. The second-order valence-corrected chi connectivity index (χ2v) is 21.2. The molecule has 0 bridgehead atoms. The Morgan fingerprint density at radius 2 is 1.43 bits per heavy atom. The van der Waals surface area contributed by atoms with Crippen molar-refractivity contribution in [1.82, 2.24) is 35.6 Å². The molecule has 1 aliphatic carbocycles. The fourth-order valence-electron chi connectivity index (χ4n) is 9.98. The second-order valence-electron chi connectivity index (χ2n) is 21.2. The summed E-state index contributed by atoms with van der Waals surface area (Å²) in [6.45, 7) is 13.4. The number of fused-ring (bicyclic) bond motifs is 2. The molecular weight excluding hydrogens is 1050 g/mol. The highest BCUT2D eigenvalue weighted by Gasteiger charge is 2.46. The normalized spacial score (nSPS) is 16.3. The number of carbonyl (C=O) groups excluding carboxylic acids is 3. The van der Waals surface area contributed by atoms with Crippen LogP contribution in [-0.4, -0.2) is 127 Å². The van der Waals surface area contributed by atoms with Crippen LogP contribution < -0.4 is 30.3 Å². The molecule has 5 heterocycles. The molecule has 1 saturated carbocycles. The van der Waals surface area contributed by atoms with Gasteiger partial charge in [-0.25, -0.2) is 19.7 Å². The van der Waals surface area contributed by atoms with E-state index in [2.05, 4.69) is 35.8 Å². The SMILES string of the molecule is Cc1nc([C@H](C)NC(=O)c2ccc(-c3ccc(NC(=O)OC(C)(C)C)cc3)cc2)cc(N2[C@H](C(=O)NCCOCCOCCOCCOCCOc3ccc(COc4ccc5oc(-c6cccnc6)nc5c4)nc3)C[C@@H]3CCCC[C@@H]32)n1. The van der Waals surface area contributed by atoms with Crippen LogP contribution in [0.1, 0.15) is 93.4 Å². The Kier molecular flexibility index (Phi) is 20.4. The zero-order valence-corrected chi connectivity index (χ0v) is 47.3. The summed E-state index contributed by atoms with van der Waals surface area (Å²) in [6, 6.07) is 29.0. The first-order valence-electron chi connectivity index (χ1n) is 28.1. The quantitative estimate of drug-likeness (QED) is 0.0407. The van der Waals surface area contributed by atoms with E-state index in [-0.39, 0.29) is 24.5 Å². The number of hydrogen-bond acceptors (Lipinski definition) is 17. The summed E-state index contributed by atoms with van der Waals surface area (Å²) >= 11 is 0. The fourth-order valence-corrected chi connectivity index (χ4v) is 9.98. The highest BCUT2D eigenvalue weighted by Crippen LogP contribution is 2.42. The van der Waals surface area contributed by atoms with Gasteiger partial charge in [0.25, 0.3) is 5.91 Å². The Morgan fingerprint density at radius 1 is 0.732 bits per heavy atom. The Balaban J connectivity index is 0.621. The Labute approximate surface area is 478 Å². The van der Waals surface area contributed by atoms with Crippen molar-refractivity contribution >= 4 is 40.5 Å². The summed E-state index contributed by atoms with van der Waals surface area (Å²) in [6.07, 6.45) is 9.59. The van der Waals surface area contributed by atoms with Gasteiger partial charge in [-0.15, -0.1) is 0 Å². The molecule has 1 aliphatic heterocycles. The lowest BCUT2D eigenvalue weighted by Crippen LogP contribution is -2.48. The van der Waals surface area contributed by atoms with Gasteiger partial charge in [0.2, 0.25) is 11.8 Å². The maximum absolute atomic E-state index is 13.9. The molecule has 432 valence electrons. The van der Waals surface area contributed by atoms with Crippen molar-refractivity contribution in [2.24, 2.45) is 5.92 Å². The average Bonchev–Trinajstić information content (AvgIpc) is 4.27. The van der Waals surface area contributed by atoms with Gasteiger partial charge in [0.15, 0.2) is 5.58 Å². The van der Waals surface area contributed by atoms with E-state index < -0.39 is 23.8 Å². The number of amides is 3. The summed E-state index contributed by atoms with van der Waals surface area (Å²) in [5.74, 6) is 3.15. The molecule has 20 heteroatoms. The van der Waals surface area contributed by atoms with Gasteiger partial charge >= 0.3 is 6.09 Å². The van der Waals surface area contributed by atoms with E-state index in [0.717, 1.165) is 54.5 Å². The van der Waals surface area contributed by atoms with Crippen LogP contribution in [0.3, 0.4) is 0 Å². The van der Waals surface area contributed by atoms with E-state index in [1.165, 1.54) is 0 Å². The first-order valence-corrected chi connectivity index (χ1v) is 28.1. The highest BCUT2D eigenvalue weighted by molar-refractivity contribution is 5.95. The van der Waals surface area contributed by atoms with Gasteiger partial charge in [-0.3, -0.25) is 24.9 Å². The number of nitrogens with zero attached hydrogens (tertiary/aromatic N) is 6. The first kappa shape index (κ1) is 58.6. The molecule has 9 rings (SSSR count). The lowest BCUT2D eigenvalue weighted by atomic mass is 9.84. The third kappa shape index (κ3) is 16.8. The average molecular weight is 1120 g/mol. The van der Waals surface area contributed by atoms with E-state index in [1.54, 1.807) is 30.7 Å². The summed E-state index contributed by atoms with van der Waals surface area (Å²) in [4.78, 5) is 64.6. The molecule has 2 aliphatic rings. The van der Waals surface area contributed by atoms with Crippen molar-refractivity contribution in [2.45, 2.75) is 97.1 Å². The molecule has 3 N–H and O–H groups in total. The molecule has 3 amide bonds. The van der Waals surface area contributed by atoms with Gasteiger partial charge < -0.3 is 53.1 Å². The van der Waals surface area contributed by atoms with Gasteiger partial charge in [0, 0.05) is 48.4 Å². The van der Waals surface area contributed by atoms with Crippen molar-refractivity contribution in [3.8, 4) is 34.1 Å². The zero-order chi connectivity index (χ0) is 57.3. The third-order valence-corrected chi connectivity index (χ3v) is 13.9. The molecule has 2 fully saturated rings. The van der Waals surface area contributed by atoms with E-state index in [1.807, 2.05) is 120 Å². The maximum Gasteiger partial charge on any atom is 0.412 e. The van der Waals surface area contributed by atoms with E-state index in [9.17, 15) is 14.4 Å². The Hall–Kier alpha value is -8.04. The van der Waals surface area contributed by atoms with Gasteiger partial charge in [0.1, 0.15) is 53.5 Å². The standard InChI is InChI=1S/C62H73N9O11/c1-41(66-58(72)45-14-12-43(13-15-45)44-16-18-48(19-17-44)69-61(74)82-62(3,4)5)52-37-57(68-42(2)67-52)71-54-11-7-6-9-46(54)35-55(71)59(73)64-25-26-75-27-28-76-29-30-77-31-32-78-33-34-79-51-21-20-49(65-39-51)40-80-50-22-23-56-53(36-50)70-60(81-56)47-10-8-24-63-38-47/h8,10,12-24,36-39,41,46,54-55H,6-7,9,11,25-35,40H2,1-5H3,(H,64,73)(H,66,72)(H,69,74)/t41-,46-,54-,55-/m0/s1. The maximum atomic E-state index is 13.9. The zero-order valence-electron chi connectivity index (χ0n) is 47.3. The molecule has 20 nitrogen and oxygen atoms in total. The number of hydrogen-bond donors (Lipinski definition) is 3. The predicted octanol–water partition coefficient (Wildman–Crippen LogP) is 9.87. The van der Waals surface area contributed by atoms with Crippen LogP contribution in [0.25, 0.3) is 33.7 Å². The van der Waals surface area contributed by atoms with Gasteiger partial charge in [0.05, 0.1) is 82.0 Å². The number of benzene rings is 3. The predicted molar refractivity (Wildman–Crippen MR) is 309 cm³/mol. The van der Waals surface area contributed by atoms with Crippen molar-refractivity contribution < 1.29 is 52.0 Å². The lowest BCUT2D eigenvalue weighted by Gasteiger charge is -2.35. The lowest BCUT2D eigenvalue weighted by molar-refractivity contribution is -0.122. The highest BCUT2D eigenvalue weighted by atomic mass is 16.6. The number of nitrogens with one attached hydrogen (secondary N) is 3. The van der Waals surface area contributed by atoms with Crippen LogP contribution in [0.15, 0.2) is 120 Å². The van der Waals surface area contributed by atoms with E-state index in [4.69, 9.17) is 47.5 Å². The third-order valence-electron chi connectivity index (χ3n) is 13.9. The summed E-state index contributed by atoms with van der Waals surface area (Å²) in [5.41, 5.74) is 5.96. The number of anilines is 2. The molecule has 4 aromatic heterocycles. The molecule has 1 saturated heterocycles.